The Bertz CT molecular complexity index is 1200. The van der Waals surface area contributed by atoms with Gasteiger partial charge in [0.15, 0.2) is 17.3 Å². The maximum atomic E-state index is 13.4. The number of ether oxygens (including phenoxy) is 4. The molecule has 0 amide bonds. The number of para-hydroxylation sites is 1. The van der Waals surface area contributed by atoms with Gasteiger partial charge in [0.05, 0.1) is 14.2 Å². The van der Waals surface area contributed by atoms with Crippen LogP contribution in [0.1, 0.15) is 45.1 Å². The highest BCUT2D eigenvalue weighted by atomic mass is 16.6. The number of carbonyl (C=O) groups excluding carboxylic acids is 2. The predicted octanol–water partition coefficient (Wildman–Crippen LogP) is 5.14. The van der Waals surface area contributed by atoms with Crippen molar-refractivity contribution in [1.29, 1.82) is 0 Å². The zero-order valence-electron chi connectivity index (χ0n) is 21.5. The van der Waals surface area contributed by atoms with E-state index < -0.39 is 17.8 Å². The summed E-state index contributed by atoms with van der Waals surface area (Å²) < 4.78 is 22.2. The van der Waals surface area contributed by atoms with Crippen molar-refractivity contribution in [2.24, 2.45) is 16.3 Å². The number of nitrogens with zero attached hydrogens (tertiary/aromatic N) is 1. The third-order valence-corrected chi connectivity index (χ3v) is 6.66. The molecule has 1 unspecified atom stereocenters. The maximum Gasteiger partial charge on any atom is 0.315 e. The lowest BCUT2D eigenvalue weighted by Crippen LogP contribution is -2.39. The predicted molar refractivity (Wildman–Crippen MR) is 137 cm³/mol. The van der Waals surface area contributed by atoms with Crippen molar-refractivity contribution in [1.82, 2.24) is 0 Å². The monoisotopic (exact) mass is 491 g/mol. The zero-order chi connectivity index (χ0) is 25.9. The minimum absolute atomic E-state index is 0.0162. The van der Waals surface area contributed by atoms with Crippen LogP contribution in [0.4, 0.5) is 0 Å². The Labute approximate surface area is 212 Å². The molecule has 2 aromatic rings. The normalized spacial score (nSPS) is 20.8. The van der Waals surface area contributed by atoms with Crippen molar-refractivity contribution >= 4 is 17.5 Å². The fourth-order valence-corrected chi connectivity index (χ4v) is 5.07. The van der Waals surface area contributed by atoms with E-state index in [9.17, 15) is 9.59 Å². The second kappa shape index (κ2) is 10.6. The molecule has 0 saturated heterocycles. The van der Waals surface area contributed by atoms with Gasteiger partial charge in [-0.15, -0.1) is 0 Å². The van der Waals surface area contributed by atoms with E-state index in [4.69, 9.17) is 23.9 Å². The summed E-state index contributed by atoms with van der Waals surface area (Å²) in [5, 5.41) is 0. The van der Waals surface area contributed by atoms with Crippen LogP contribution < -0.4 is 14.2 Å². The van der Waals surface area contributed by atoms with Crippen molar-refractivity contribution in [2.45, 2.75) is 39.5 Å². The minimum atomic E-state index is -0.733. The molecule has 1 aliphatic carbocycles. The number of carbonyl (C=O) groups is 2. The number of aliphatic imine (C=N–C) groups is 1. The number of allylic oxidation sites excluding steroid dienone is 2. The topological polar surface area (TPSA) is 83.4 Å². The van der Waals surface area contributed by atoms with Gasteiger partial charge in [-0.3, -0.25) is 14.6 Å². The summed E-state index contributed by atoms with van der Waals surface area (Å²) in [7, 11) is 3.13. The van der Waals surface area contributed by atoms with Gasteiger partial charge < -0.3 is 18.9 Å². The van der Waals surface area contributed by atoms with Crippen molar-refractivity contribution in [3.63, 3.8) is 0 Å². The standard InChI is InChI=1S/C29H33NO6/c1-18-25(28(32)36-14-13-35-20-9-7-6-8-10-20)26(19-11-12-23(33-4)24(15-19)34-5)27-21(30-18)16-29(2,3)17-22(27)31/h6-12,15,25-26H,13-14,16-17H2,1-5H3/t25?,26-/m0/s1. The molecule has 4 rings (SSSR count). The Morgan fingerprint density at radius 2 is 1.72 bits per heavy atom. The number of methoxy groups -OCH3 is 2. The van der Waals surface area contributed by atoms with Gasteiger partial charge in [-0.25, -0.2) is 0 Å². The largest absolute Gasteiger partial charge is 0.493 e. The van der Waals surface area contributed by atoms with Gasteiger partial charge in [0.25, 0.3) is 0 Å². The van der Waals surface area contributed by atoms with Crippen molar-refractivity contribution in [3.05, 3.63) is 65.4 Å². The summed E-state index contributed by atoms with van der Waals surface area (Å²) in [6.07, 6.45) is 1.07. The van der Waals surface area contributed by atoms with Crippen LogP contribution in [0.5, 0.6) is 17.2 Å². The van der Waals surface area contributed by atoms with Crippen LogP contribution in [-0.2, 0) is 14.3 Å². The number of benzene rings is 2. The van der Waals surface area contributed by atoms with Gasteiger partial charge >= 0.3 is 5.97 Å². The van der Waals surface area contributed by atoms with Gasteiger partial charge in [-0.2, -0.15) is 0 Å². The molecule has 2 aromatic carbocycles. The molecule has 190 valence electrons. The number of hydrogen-bond acceptors (Lipinski definition) is 7. The first-order valence-corrected chi connectivity index (χ1v) is 12.1. The fourth-order valence-electron chi connectivity index (χ4n) is 5.07. The highest BCUT2D eigenvalue weighted by molar-refractivity contribution is 6.09. The first kappa shape index (κ1) is 25.5. The molecular weight excluding hydrogens is 458 g/mol. The number of Topliss-reactive ketones (excluding diaryl/α,β-unsaturated/α-hetero) is 1. The van der Waals surface area contributed by atoms with E-state index in [1.54, 1.807) is 20.3 Å². The minimum Gasteiger partial charge on any atom is -0.493 e. The van der Waals surface area contributed by atoms with Crippen molar-refractivity contribution in [3.8, 4) is 17.2 Å². The number of rotatable bonds is 8. The van der Waals surface area contributed by atoms with E-state index in [0.717, 1.165) is 11.3 Å². The van der Waals surface area contributed by atoms with E-state index >= 15 is 0 Å². The molecule has 1 heterocycles. The van der Waals surface area contributed by atoms with Crippen molar-refractivity contribution in [2.75, 3.05) is 27.4 Å². The first-order valence-electron chi connectivity index (χ1n) is 12.1. The Kier molecular flexibility index (Phi) is 7.48. The van der Waals surface area contributed by atoms with Crippen molar-refractivity contribution < 1.29 is 28.5 Å². The SMILES string of the molecule is COc1ccc([C@@H]2C3=C(CC(C)(C)CC3=O)N=C(C)C2C(=O)OCCOc2ccccc2)cc1OC. The second-order valence-corrected chi connectivity index (χ2v) is 9.95. The molecule has 0 aromatic heterocycles. The number of hydrogen-bond donors (Lipinski definition) is 0. The van der Waals surface area contributed by atoms with Crippen LogP contribution in [0.25, 0.3) is 0 Å². The third kappa shape index (κ3) is 5.30. The Balaban J connectivity index is 1.64. The molecule has 0 fully saturated rings. The second-order valence-electron chi connectivity index (χ2n) is 9.95. The lowest BCUT2D eigenvalue weighted by atomic mass is 9.67. The highest BCUT2D eigenvalue weighted by Crippen LogP contribution is 2.48. The number of esters is 1. The van der Waals surface area contributed by atoms with E-state index in [0.29, 0.717) is 41.4 Å². The van der Waals surface area contributed by atoms with E-state index in [1.165, 1.54) is 0 Å². The van der Waals surface area contributed by atoms with Crippen LogP contribution >= 0.6 is 0 Å². The average Bonchev–Trinajstić information content (AvgIpc) is 2.85. The molecule has 0 N–H and O–H groups in total. The van der Waals surface area contributed by atoms with Crippen LogP contribution in [-0.4, -0.2) is 44.9 Å². The van der Waals surface area contributed by atoms with Crippen LogP contribution in [0, 0.1) is 11.3 Å². The molecular formula is C29H33NO6. The molecule has 36 heavy (non-hydrogen) atoms. The molecule has 0 radical (unpaired) electrons. The lowest BCUT2D eigenvalue weighted by molar-refractivity contribution is -0.147. The van der Waals surface area contributed by atoms with Gasteiger partial charge in [0, 0.05) is 29.3 Å². The number of ketones is 1. The summed E-state index contributed by atoms with van der Waals surface area (Å²) >= 11 is 0. The summed E-state index contributed by atoms with van der Waals surface area (Å²) in [6.45, 7) is 6.27. The highest BCUT2D eigenvalue weighted by Gasteiger charge is 2.46. The Hall–Kier alpha value is -3.61. The van der Waals surface area contributed by atoms with Gasteiger partial charge in [0.2, 0.25) is 0 Å². The van der Waals surface area contributed by atoms with Crippen LogP contribution in [0.2, 0.25) is 0 Å². The van der Waals surface area contributed by atoms with Gasteiger partial charge in [-0.05, 0) is 48.6 Å². The van der Waals surface area contributed by atoms with Gasteiger partial charge in [-0.1, -0.05) is 38.1 Å². The molecule has 2 atom stereocenters. The molecule has 0 spiro atoms. The Morgan fingerprint density at radius 3 is 2.42 bits per heavy atom. The molecule has 0 bridgehead atoms. The van der Waals surface area contributed by atoms with Gasteiger partial charge in [0.1, 0.15) is 24.9 Å². The van der Waals surface area contributed by atoms with E-state index in [-0.39, 0.29) is 24.4 Å². The fraction of sp³-hybridized carbons (Fsp3) is 0.414. The summed E-state index contributed by atoms with van der Waals surface area (Å²) in [4.78, 5) is 31.7. The summed E-state index contributed by atoms with van der Waals surface area (Å²) in [5.74, 6) is 0.137. The molecule has 0 saturated carbocycles. The molecule has 7 nitrogen and oxygen atoms in total. The average molecular weight is 492 g/mol. The van der Waals surface area contributed by atoms with Crippen LogP contribution in [0.15, 0.2) is 64.8 Å². The summed E-state index contributed by atoms with van der Waals surface area (Å²) in [5.41, 5.74) is 2.57. The smallest absolute Gasteiger partial charge is 0.315 e. The molecule has 7 heteroatoms. The quantitative estimate of drug-likeness (QED) is 0.375. The van der Waals surface area contributed by atoms with Crippen LogP contribution in [0.3, 0.4) is 0 Å². The molecule has 1 aliphatic heterocycles. The van der Waals surface area contributed by atoms with E-state index in [1.807, 2.05) is 49.4 Å². The zero-order valence-corrected chi connectivity index (χ0v) is 21.5. The lowest BCUT2D eigenvalue weighted by Gasteiger charge is -2.39. The Morgan fingerprint density at radius 1 is 1.00 bits per heavy atom. The van der Waals surface area contributed by atoms with E-state index in [2.05, 4.69) is 13.8 Å². The third-order valence-electron chi connectivity index (χ3n) is 6.66. The maximum absolute atomic E-state index is 13.4. The molecule has 2 aliphatic rings. The first-order chi connectivity index (χ1) is 17.2. The summed E-state index contributed by atoms with van der Waals surface area (Å²) in [6, 6.07) is 14.9.